The van der Waals surface area contributed by atoms with Gasteiger partial charge in [-0.3, -0.25) is 0 Å². The topological polar surface area (TPSA) is 0 Å². The van der Waals surface area contributed by atoms with E-state index in [0.29, 0.717) is 0 Å². The molecule has 0 aliphatic carbocycles. The fourth-order valence-electron chi connectivity index (χ4n) is 2.35. The molecule has 3 aromatic carbocycles. The highest BCUT2D eigenvalue weighted by molar-refractivity contribution is 14.1. The number of aryl methyl sites for hydroxylation is 1. The Morgan fingerprint density at radius 2 is 1.39 bits per heavy atom. The molecule has 3 rings (SSSR count). The van der Waals surface area contributed by atoms with E-state index < -0.39 is 0 Å². The van der Waals surface area contributed by atoms with Gasteiger partial charge in [0.1, 0.15) is 0 Å². The standard InChI is InChI=1S/C17H13I/c1-12-11-16(13-7-3-2-4-8-13)17(18)15-10-6-5-9-14(12)15/h2-11H,1H3. The van der Waals surface area contributed by atoms with Crippen LogP contribution in [0.3, 0.4) is 0 Å². The molecule has 0 bridgehead atoms. The molecule has 0 aliphatic heterocycles. The highest BCUT2D eigenvalue weighted by Crippen LogP contribution is 2.33. The average Bonchev–Trinajstić information content (AvgIpc) is 2.44. The second-order valence-electron chi connectivity index (χ2n) is 4.47. The Bertz CT molecular complexity index is 699. The summed E-state index contributed by atoms with van der Waals surface area (Å²) in [5.41, 5.74) is 3.95. The maximum absolute atomic E-state index is 2.46. The molecule has 0 unspecified atom stereocenters. The fourth-order valence-corrected chi connectivity index (χ4v) is 3.29. The van der Waals surface area contributed by atoms with Gasteiger partial charge < -0.3 is 0 Å². The lowest BCUT2D eigenvalue weighted by molar-refractivity contribution is 1.50. The first-order valence-electron chi connectivity index (χ1n) is 6.00. The zero-order valence-electron chi connectivity index (χ0n) is 10.2. The van der Waals surface area contributed by atoms with Gasteiger partial charge in [-0.1, -0.05) is 54.6 Å². The maximum atomic E-state index is 2.46. The minimum Gasteiger partial charge on any atom is -0.0622 e. The minimum absolute atomic E-state index is 1.29. The first-order chi connectivity index (χ1) is 8.77. The van der Waals surface area contributed by atoms with E-state index in [-0.39, 0.29) is 0 Å². The molecule has 88 valence electrons. The molecular formula is C17H13I. The molecule has 0 N–H and O–H groups in total. The van der Waals surface area contributed by atoms with Crippen molar-refractivity contribution < 1.29 is 0 Å². The summed E-state index contributed by atoms with van der Waals surface area (Å²) in [7, 11) is 0. The molecule has 0 aromatic heterocycles. The predicted octanol–water partition coefficient (Wildman–Crippen LogP) is 5.42. The highest BCUT2D eigenvalue weighted by atomic mass is 127. The van der Waals surface area contributed by atoms with Crippen molar-refractivity contribution in [3.63, 3.8) is 0 Å². The van der Waals surface area contributed by atoms with Gasteiger partial charge in [0.15, 0.2) is 0 Å². The number of halogens is 1. The van der Waals surface area contributed by atoms with Crippen molar-refractivity contribution in [2.24, 2.45) is 0 Å². The number of fused-ring (bicyclic) bond motifs is 1. The zero-order valence-corrected chi connectivity index (χ0v) is 12.3. The second kappa shape index (κ2) is 4.73. The van der Waals surface area contributed by atoms with Gasteiger partial charge in [-0.2, -0.15) is 0 Å². The van der Waals surface area contributed by atoms with Gasteiger partial charge >= 0.3 is 0 Å². The summed E-state index contributed by atoms with van der Waals surface area (Å²) in [5.74, 6) is 0. The van der Waals surface area contributed by atoms with E-state index in [1.54, 1.807) is 0 Å². The summed E-state index contributed by atoms with van der Waals surface area (Å²) in [6, 6.07) is 21.5. The van der Waals surface area contributed by atoms with Crippen molar-refractivity contribution in [1.29, 1.82) is 0 Å². The average molecular weight is 344 g/mol. The van der Waals surface area contributed by atoms with E-state index in [2.05, 4.69) is 90.2 Å². The lowest BCUT2D eigenvalue weighted by Crippen LogP contribution is -1.88. The van der Waals surface area contributed by atoms with E-state index in [1.807, 2.05) is 0 Å². The van der Waals surface area contributed by atoms with Crippen LogP contribution in [-0.2, 0) is 0 Å². The van der Waals surface area contributed by atoms with Crippen LogP contribution in [0.5, 0.6) is 0 Å². The molecule has 0 heterocycles. The van der Waals surface area contributed by atoms with Gasteiger partial charge in [0.25, 0.3) is 0 Å². The van der Waals surface area contributed by atoms with Crippen LogP contribution in [0.2, 0.25) is 0 Å². The summed E-state index contributed by atoms with van der Waals surface area (Å²) >= 11 is 2.46. The quantitative estimate of drug-likeness (QED) is 0.517. The number of hydrogen-bond donors (Lipinski definition) is 0. The van der Waals surface area contributed by atoms with Crippen LogP contribution in [0.25, 0.3) is 21.9 Å². The third-order valence-electron chi connectivity index (χ3n) is 3.27. The molecule has 0 saturated carbocycles. The van der Waals surface area contributed by atoms with Crippen molar-refractivity contribution in [3.05, 3.63) is 69.8 Å². The Balaban J connectivity index is 2.35. The van der Waals surface area contributed by atoms with Crippen molar-refractivity contribution >= 4 is 33.4 Å². The smallest absolute Gasteiger partial charge is 0.0287 e. The molecule has 0 fully saturated rings. The van der Waals surface area contributed by atoms with Crippen molar-refractivity contribution in [1.82, 2.24) is 0 Å². The molecule has 0 nitrogen and oxygen atoms in total. The Morgan fingerprint density at radius 1 is 0.778 bits per heavy atom. The van der Waals surface area contributed by atoms with Crippen LogP contribution in [0.15, 0.2) is 60.7 Å². The van der Waals surface area contributed by atoms with Crippen LogP contribution in [0.1, 0.15) is 5.56 Å². The molecule has 0 saturated heterocycles. The van der Waals surface area contributed by atoms with E-state index in [0.717, 1.165) is 0 Å². The lowest BCUT2D eigenvalue weighted by Gasteiger charge is -2.11. The molecule has 18 heavy (non-hydrogen) atoms. The van der Waals surface area contributed by atoms with E-state index in [9.17, 15) is 0 Å². The third kappa shape index (κ3) is 1.93. The Kier molecular flexibility index (Phi) is 3.08. The highest BCUT2D eigenvalue weighted by Gasteiger charge is 2.08. The molecule has 0 amide bonds. The van der Waals surface area contributed by atoms with Crippen molar-refractivity contribution in [2.45, 2.75) is 6.92 Å². The van der Waals surface area contributed by atoms with E-state index >= 15 is 0 Å². The van der Waals surface area contributed by atoms with Crippen LogP contribution in [0, 0.1) is 10.5 Å². The second-order valence-corrected chi connectivity index (χ2v) is 5.55. The molecule has 0 radical (unpaired) electrons. The zero-order chi connectivity index (χ0) is 12.5. The summed E-state index contributed by atoms with van der Waals surface area (Å²) in [4.78, 5) is 0. The molecular weight excluding hydrogens is 331 g/mol. The summed E-state index contributed by atoms with van der Waals surface area (Å²) in [5, 5.41) is 2.69. The number of benzene rings is 3. The number of rotatable bonds is 1. The third-order valence-corrected chi connectivity index (χ3v) is 4.43. The Labute approximate surface area is 121 Å². The number of hydrogen-bond acceptors (Lipinski definition) is 0. The van der Waals surface area contributed by atoms with Crippen molar-refractivity contribution in [3.8, 4) is 11.1 Å². The van der Waals surface area contributed by atoms with Crippen LogP contribution in [-0.4, -0.2) is 0 Å². The Morgan fingerprint density at radius 3 is 2.11 bits per heavy atom. The van der Waals surface area contributed by atoms with Gasteiger partial charge in [0.2, 0.25) is 0 Å². The van der Waals surface area contributed by atoms with Crippen LogP contribution < -0.4 is 0 Å². The summed E-state index contributed by atoms with van der Waals surface area (Å²) in [6.45, 7) is 2.19. The van der Waals surface area contributed by atoms with Crippen molar-refractivity contribution in [2.75, 3.05) is 0 Å². The first-order valence-corrected chi connectivity index (χ1v) is 7.08. The summed E-state index contributed by atoms with van der Waals surface area (Å²) in [6.07, 6.45) is 0. The van der Waals surface area contributed by atoms with Crippen LogP contribution in [0.4, 0.5) is 0 Å². The first kappa shape index (κ1) is 11.7. The monoisotopic (exact) mass is 344 g/mol. The van der Waals surface area contributed by atoms with Gasteiger partial charge in [-0.15, -0.1) is 0 Å². The molecule has 3 aromatic rings. The van der Waals surface area contributed by atoms with Crippen LogP contribution >= 0.6 is 22.6 Å². The van der Waals surface area contributed by atoms with E-state index in [4.69, 9.17) is 0 Å². The maximum Gasteiger partial charge on any atom is 0.0287 e. The Hall–Kier alpha value is -1.35. The van der Waals surface area contributed by atoms with Gasteiger partial charge in [0, 0.05) is 3.57 Å². The lowest BCUT2D eigenvalue weighted by atomic mass is 9.97. The normalized spacial score (nSPS) is 10.8. The predicted molar refractivity (Wildman–Crippen MR) is 86.8 cm³/mol. The summed E-state index contributed by atoms with van der Waals surface area (Å²) < 4.78 is 1.33. The SMILES string of the molecule is Cc1cc(-c2ccccc2)c(I)c2ccccc12. The molecule has 0 aliphatic rings. The largest absolute Gasteiger partial charge is 0.0622 e. The fraction of sp³-hybridized carbons (Fsp3) is 0.0588. The van der Waals surface area contributed by atoms with E-state index in [1.165, 1.54) is 31.0 Å². The molecule has 1 heteroatoms. The molecule has 0 spiro atoms. The molecule has 0 atom stereocenters. The van der Waals surface area contributed by atoms with Gasteiger partial charge in [0.05, 0.1) is 0 Å². The van der Waals surface area contributed by atoms with Gasteiger partial charge in [-0.25, -0.2) is 0 Å². The minimum atomic E-state index is 1.29. The van der Waals surface area contributed by atoms with Gasteiger partial charge in [-0.05, 0) is 63.0 Å².